The van der Waals surface area contributed by atoms with E-state index in [0.717, 1.165) is 6.42 Å². The van der Waals surface area contributed by atoms with Gasteiger partial charge in [-0.2, -0.15) is 4.39 Å². The Bertz CT molecular complexity index is 817. The molecule has 5 N–H and O–H groups in total. The molecule has 0 aromatic carbocycles. The minimum atomic E-state index is -0.592. The third-order valence-corrected chi connectivity index (χ3v) is 3.91. The molecule has 1 aliphatic rings. The zero-order valence-electron chi connectivity index (χ0n) is 16.9. The van der Waals surface area contributed by atoms with Crippen LogP contribution >= 0.6 is 0 Å². The highest BCUT2D eigenvalue weighted by Gasteiger charge is 2.15. The number of anilines is 1. The Labute approximate surface area is 175 Å². The van der Waals surface area contributed by atoms with E-state index in [-0.39, 0.29) is 12.5 Å². The van der Waals surface area contributed by atoms with Crippen molar-refractivity contribution in [3.8, 4) is 11.8 Å². The van der Waals surface area contributed by atoms with Crippen LogP contribution in [0.1, 0.15) is 19.3 Å². The van der Waals surface area contributed by atoms with Crippen molar-refractivity contribution in [3.05, 3.63) is 35.7 Å². The zero-order chi connectivity index (χ0) is 21.6. The summed E-state index contributed by atoms with van der Waals surface area (Å²) in [7, 11) is 1.72. The number of hydrogen-bond acceptors (Lipinski definition) is 7. The van der Waals surface area contributed by atoms with Gasteiger partial charge in [-0.3, -0.25) is 9.18 Å². The summed E-state index contributed by atoms with van der Waals surface area (Å²) in [4.78, 5) is 19.2. The first-order valence-corrected chi connectivity index (χ1v) is 9.74. The molecule has 30 heavy (non-hydrogen) atoms. The van der Waals surface area contributed by atoms with Gasteiger partial charge in [-0.15, -0.1) is 0 Å². The van der Waals surface area contributed by atoms with E-state index in [2.05, 4.69) is 48.4 Å². The lowest BCUT2D eigenvalue weighted by Gasteiger charge is -2.25. The maximum Gasteiger partial charge on any atom is 0.233 e. The number of carbonyl (C=O) groups is 1. The van der Waals surface area contributed by atoms with Crippen molar-refractivity contribution in [2.75, 3.05) is 38.7 Å². The number of likely N-dealkylation sites (N-methyl/N-ethyl adjacent to an activating group) is 1. The third kappa shape index (κ3) is 8.45. The number of alkyl halides is 1. The fourth-order valence-electron chi connectivity index (χ4n) is 2.50. The Hall–Kier alpha value is -3.19. The Kier molecular flexibility index (Phi) is 10.1. The van der Waals surface area contributed by atoms with E-state index in [4.69, 9.17) is 0 Å². The van der Waals surface area contributed by atoms with Crippen molar-refractivity contribution in [2.45, 2.75) is 25.6 Å². The van der Waals surface area contributed by atoms with Crippen LogP contribution in [0.15, 0.2) is 34.7 Å². The van der Waals surface area contributed by atoms with Crippen LogP contribution in [0, 0.1) is 17.8 Å². The van der Waals surface area contributed by atoms with Gasteiger partial charge in [-0.05, 0) is 26.0 Å². The number of nitrogens with one attached hydrogen (secondary N) is 5. The molecule has 1 aromatic rings. The van der Waals surface area contributed by atoms with Crippen molar-refractivity contribution in [2.24, 2.45) is 4.99 Å². The number of halogens is 2. The second kappa shape index (κ2) is 13.1. The Morgan fingerprint density at radius 1 is 1.33 bits per heavy atom. The van der Waals surface area contributed by atoms with E-state index in [1.807, 2.05) is 0 Å². The van der Waals surface area contributed by atoms with E-state index in [0.29, 0.717) is 43.0 Å². The molecule has 0 aliphatic carbocycles. The molecule has 1 aromatic heterocycles. The zero-order valence-corrected chi connectivity index (χ0v) is 16.9. The minimum Gasteiger partial charge on any atom is -0.371 e. The van der Waals surface area contributed by atoms with Gasteiger partial charge in [0.2, 0.25) is 11.9 Å². The molecule has 162 valence electrons. The second-order valence-corrected chi connectivity index (χ2v) is 6.38. The maximum atomic E-state index is 13.3. The first-order valence-electron chi connectivity index (χ1n) is 9.74. The predicted octanol–water partition coefficient (Wildman–Crippen LogP) is 0.870. The minimum absolute atomic E-state index is 0.0521. The lowest BCUT2D eigenvalue weighted by Crippen LogP contribution is -2.42. The van der Waals surface area contributed by atoms with Gasteiger partial charge in [0, 0.05) is 43.7 Å². The van der Waals surface area contributed by atoms with Crippen LogP contribution in [0.2, 0.25) is 0 Å². The van der Waals surface area contributed by atoms with Crippen molar-refractivity contribution in [3.63, 3.8) is 0 Å². The molecular weight excluding hydrogens is 392 g/mol. The number of hydrogen-bond donors (Lipinski definition) is 5. The van der Waals surface area contributed by atoms with Crippen LogP contribution < -0.4 is 26.6 Å². The van der Waals surface area contributed by atoms with Crippen LogP contribution in [-0.4, -0.2) is 56.8 Å². The largest absolute Gasteiger partial charge is 0.371 e. The standard InChI is InChI=1S/C20H27F2N7O/c1-23-14-18(30)25-9-4-2-3-6-15-13-27-20(29-19(15)26-10-5-8-21)28-16-7-11-24-17(22)12-16/h7,11-13,20,23,26,29H,2,4-5,8-10,14H2,1H3,(H,24,28)(H,25,30). The highest BCUT2D eigenvalue weighted by molar-refractivity contribution is 5.86. The number of nitrogens with zero attached hydrogens (tertiary/aromatic N) is 2. The van der Waals surface area contributed by atoms with Gasteiger partial charge < -0.3 is 26.6 Å². The summed E-state index contributed by atoms with van der Waals surface area (Å²) >= 11 is 0. The van der Waals surface area contributed by atoms with Crippen molar-refractivity contribution in [1.82, 2.24) is 26.3 Å². The first kappa shape index (κ1) is 23.1. The normalized spacial score (nSPS) is 15.1. The topological polar surface area (TPSA) is 102 Å². The lowest BCUT2D eigenvalue weighted by atomic mass is 10.2. The van der Waals surface area contributed by atoms with Gasteiger partial charge in [0.15, 0.2) is 6.29 Å². The van der Waals surface area contributed by atoms with Crippen molar-refractivity contribution < 1.29 is 13.6 Å². The molecule has 2 heterocycles. The van der Waals surface area contributed by atoms with E-state index in [9.17, 15) is 13.6 Å². The Morgan fingerprint density at radius 3 is 2.97 bits per heavy atom. The molecule has 0 radical (unpaired) electrons. The number of unbranched alkanes of at least 4 members (excludes halogenated alkanes) is 1. The van der Waals surface area contributed by atoms with Crippen LogP contribution in [-0.2, 0) is 4.79 Å². The summed E-state index contributed by atoms with van der Waals surface area (Å²) in [5, 5.41) is 14.9. The van der Waals surface area contributed by atoms with E-state index in [1.165, 1.54) is 12.3 Å². The Balaban J connectivity index is 1.92. The molecule has 1 atom stereocenters. The molecule has 0 saturated heterocycles. The number of aromatic nitrogens is 1. The average molecular weight is 419 g/mol. The fraction of sp³-hybridized carbons (Fsp3) is 0.450. The number of amides is 1. The van der Waals surface area contributed by atoms with Crippen LogP contribution in [0.3, 0.4) is 0 Å². The summed E-state index contributed by atoms with van der Waals surface area (Å²) in [6.45, 7) is 0.852. The van der Waals surface area contributed by atoms with Gasteiger partial charge in [-0.1, -0.05) is 11.8 Å². The lowest BCUT2D eigenvalue weighted by molar-refractivity contribution is -0.120. The second-order valence-electron chi connectivity index (χ2n) is 6.38. The fourth-order valence-corrected chi connectivity index (χ4v) is 2.50. The first-order chi connectivity index (χ1) is 14.6. The summed E-state index contributed by atoms with van der Waals surface area (Å²) < 4.78 is 25.7. The maximum absolute atomic E-state index is 13.3. The molecule has 0 saturated carbocycles. The molecule has 0 fully saturated rings. The molecule has 10 heteroatoms. The number of pyridine rings is 1. The smallest absolute Gasteiger partial charge is 0.233 e. The van der Waals surface area contributed by atoms with Gasteiger partial charge in [0.25, 0.3) is 0 Å². The summed E-state index contributed by atoms with van der Waals surface area (Å²) in [6.07, 6.45) is 4.13. The number of carbonyl (C=O) groups excluding carboxylic acids is 1. The van der Waals surface area contributed by atoms with Gasteiger partial charge in [-0.25, -0.2) is 9.98 Å². The quantitative estimate of drug-likeness (QED) is 0.207. The summed E-state index contributed by atoms with van der Waals surface area (Å²) in [6, 6.07) is 2.90. The van der Waals surface area contributed by atoms with Crippen LogP contribution in [0.5, 0.6) is 0 Å². The van der Waals surface area contributed by atoms with E-state index in [1.54, 1.807) is 19.3 Å². The Morgan fingerprint density at radius 2 is 2.20 bits per heavy atom. The number of rotatable bonds is 11. The molecule has 2 rings (SSSR count). The van der Waals surface area contributed by atoms with Crippen molar-refractivity contribution in [1.29, 1.82) is 0 Å². The molecule has 1 aliphatic heterocycles. The molecule has 0 bridgehead atoms. The highest BCUT2D eigenvalue weighted by Crippen LogP contribution is 2.11. The molecule has 1 amide bonds. The van der Waals surface area contributed by atoms with Gasteiger partial charge >= 0.3 is 0 Å². The highest BCUT2D eigenvalue weighted by atomic mass is 19.1. The average Bonchev–Trinajstić information content (AvgIpc) is 2.72. The third-order valence-electron chi connectivity index (χ3n) is 3.91. The van der Waals surface area contributed by atoms with Crippen molar-refractivity contribution >= 4 is 17.8 Å². The molecule has 0 spiro atoms. The summed E-state index contributed by atoms with van der Waals surface area (Å²) in [5.41, 5.74) is 1.17. The number of allylic oxidation sites excluding steroid dienone is 1. The van der Waals surface area contributed by atoms with Crippen LogP contribution in [0.4, 0.5) is 14.5 Å². The molecular formula is C20H27F2N7O. The molecule has 8 nitrogen and oxygen atoms in total. The SMILES string of the molecule is CNCC(=O)NCCCC#CC1=C(NCCCF)NC(Nc2ccnc(F)c2)N=C1. The van der Waals surface area contributed by atoms with Crippen LogP contribution in [0.25, 0.3) is 0 Å². The summed E-state index contributed by atoms with van der Waals surface area (Å²) in [5.74, 6) is 6.08. The molecule has 1 unspecified atom stereocenters. The number of aliphatic imine (C=N–C) groups is 1. The predicted molar refractivity (Wildman–Crippen MR) is 113 cm³/mol. The monoisotopic (exact) mass is 419 g/mol. The van der Waals surface area contributed by atoms with Gasteiger partial charge in [0.05, 0.1) is 18.8 Å². The van der Waals surface area contributed by atoms with Gasteiger partial charge in [0.1, 0.15) is 5.82 Å². The van der Waals surface area contributed by atoms with E-state index < -0.39 is 18.9 Å². The van der Waals surface area contributed by atoms with E-state index >= 15 is 0 Å².